The van der Waals surface area contributed by atoms with Crippen LogP contribution in [0.5, 0.6) is 0 Å². The van der Waals surface area contributed by atoms with Gasteiger partial charge in [-0.15, -0.1) is 0 Å². The molecule has 0 radical (unpaired) electrons. The summed E-state index contributed by atoms with van der Waals surface area (Å²) in [5, 5.41) is 21.4. The molecule has 0 aliphatic carbocycles. The van der Waals surface area contributed by atoms with Crippen LogP contribution in [0, 0.1) is 0 Å². The molecular formula is C7H12N2O3. The zero-order chi connectivity index (χ0) is 8.72. The average Bonchev–Trinajstić information content (AvgIpc) is 2.20. The largest absolute Gasteiger partial charge is 0.465 e. The number of fused-ring (bicyclic) bond motifs is 2. The lowest BCUT2D eigenvalue weighted by atomic mass is 10.2. The van der Waals surface area contributed by atoms with Crippen LogP contribution >= 0.6 is 0 Å². The van der Waals surface area contributed by atoms with Gasteiger partial charge in [0, 0.05) is 13.1 Å². The third-order valence-electron chi connectivity index (χ3n) is 2.66. The summed E-state index contributed by atoms with van der Waals surface area (Å²) in [7, 11) is 0. The quantitative estimate of drug-likeness (QED) is 0.441. The highest BCUT2D eigenvalue weighted by Gasteiger charge is 2.45. The van der Waals surface area contributed by atoms with E-state index in [1.54, 1.807) is 0 Å². The molecular weight excluding hydrogens is 160 g/mol. The number of hydrogen-bond donors (Lipinski definition) is 3. The number of amides is 1. The number of hydrogen-bond acceptors (Lipinski definition) is 3. The Balaban J connectivity index is 2.19. The Morgan fingerprint density at radius 1 is 1.50 bits per heavy atom. The molecule has 0 aromatic heterocycles. The van der Waals surface area contributed by atoms with Gasteiger partial charge in [-0.2, -0.15) is 0 Å². The van der Waals surface area contributed by atoms with Gasteiger partial charge in [-0.1, -0.05) is 0 Å². The molecule has 2 bridgehead atoms. The highest BCUT2D eigenvalue weighted by molar-refractivity contribution is 5.67. The van der Waals surface area contributed by atoms with E-state index < -0.39 is 12.2 Å². The zero-order valence-electron chi connectivity index (χ0n) is 6.60. The number of rotatable bonds is 0. The molecule has 2 aliphatic rings. The number of nitrogens with one attached hydrogen (secondary N) is 1. The lowest BCUT2D eigenvalue weighted by molar-refractivity contribution is 0.0808. The van der Waals surface area contributed by atoms with Gasteiger partial charge in [-0.05, 0) is 6.42 Å². The van der Waals surface area contributed by atoms with Crippen LogP contribution < -0.4 is 5.32 Å². The van der Waals surface area contributed by atoms with Crippen molar-refractivity contribution in [3.63, 3.8) is 0 Å². The third kappa shape index (κ3) is 0.971. The standard InChI is InChI=1S/C7H12N2O3/c10-6-1-4-2-8-3-5(6)9(4)7(11)12/h4-6,8,10H,1-3H2,(H,11,12). The van der Waals surface area contributed by atoms with Gasteiger partial charge in [0.25, 0.3) is 0 Å². The Morgan fingerprint density at radius 2 is 2.25 bits per heavy atom. The van der Waals surface area contributed by atoms with Crippen molar-refractivity contribution in [2.24, 2.45) is 0 Å². The molecule has 12 heavy (non-hydrogen) atoms. The second-order valence-electron chi connectivity index (χ2n) is 3.37. The normalized spacial score (nSPS) is 40.1. The molecule has 2 fully saturated rings. The summed E-state index contributed by atoms with van der Waals surface area (Å²) < 4.78 is 0. The van der Waals surface area contributed by atoms with E-state index in [-0.39, 0.29) is 12.1 Å². The van der Waals surface area contributed by atoms with Crippen LogP contribution in [0.25, 0.3) is 0 Å². The predicted molar refractivity (Wildman–Crippen MR) is 40.9 cm³/mol. The molecule has 1 amide bonds. The van der Waals surface area contributed by atoms with E-state index in [1.807, 2.05) is 0 Å². The molecule has 3 N–H and O–H groups in total. The molecule has 0 saturated carbocycles. The Bertz CT molecular complexity index is 209. The summed E-state index contributed by atoms with van der Waals surface area (Å²) >= 11 is 0. The monoisotopic (exact) mass is 172 g/mol. The molecule has 3 unspecified atom stereocenters. The van der Waals surface area contributed by atoms with Gasteiger partial charge in [0.05, 0.1) is 18.2 Å². The van der Waals surface area contributed by atoms with E-state index in [2.05, 4.69) is 5.32 Å². The van der Waals surface area contributed by atoms with E-state index >= 15 is 0 Å². The summed E-state index contributed by atoms with van der Waals surface area (Å²) in [6.07, 6.45) is -0.826. The first-order chi connectivity index (χ1) is 5.70. The van der Waals surface area contributed by atoms with Crippen LogP contribution in [-0.4, -0.2) is 52.5 Å². The summed E-state index contributed by atoms with van der Waals surface area (Å²) in [6, 6.07) is -0.266. The fourth-order valence-corrected chi connectivity index (χ4v) is 2.12. The van der Waals surface area contributed by atoms with Crippen LogP contribution in [0.4, 0.5) is 4.79 Å². The number of carboxylic acid groups (broad SMARTS) is 1. The van der Waals surface area contributed by atoms with Crippen molar-refractivity contribution >= 4 is 6.09 Å². The molecule has 0 aromatic rings. The number of piperazine rings is 1. The molecule has 5 heteroatoms. The van der Waals surface area contributed by atoms with Gasteiger partial charge in [-0.3, -0.25) is 4.90 Å². The first kappa shape index (κ1) is 7.82. The maximum absolute atomic E-state index is 10.7. The molecule has 2 rings (SSSR count). The van der Waals surface area contributed by atoms with Gasteiger partial charge in [0.1, 0.15) is 0 Å². The first-order valence-electron chi connectivity index (χ1n) is 4.10. The van der Waals surface area contributed by atoms with Crippen molar-refractivity contribution in [2.45, 2.75) is 24.6 Å². The lowest BCUT2D eigenvalue weighted by Crippen LogP contribution is -2.55. The predicted octanol–water partition coefficient (Wildman–Crippen LogP) is -0.929. The smallest absolute Gasteiger partial charge is 0.407 e. The van der Waals surface area contributed by atoms with Crippen molar-refractivity contribution < 1.29 is 15.0 Å². The van der Waals surface area contributed by atoms with E-state index in [0.29, 0.717) is 19.5 Å². The Labute approximate surface area is 70.0 Å². The zero-order valence-corrected chi connectivity index (χ0v) is 6.60. The second-order valence-corrected chi connectivity index (χ2v) is 3.37. The van der Waals surface area contributed by atoms with Gasteiger partial charge in [0.2, 0.25) is 0 Å². The summed E-state index contributed by atoms with van der Waals surface area (Å²) in [4.78, 5) is 12.1. The molecule has 2 aliphatic heterocycles. The van der Waals surface area contributed by atoms with Crippen LogP contribution in [0.1, 0.15) is 6.42 Å². The number of carbonyl (C=O) groups is 1. The van der Waals surface area contributed by atoms with Crippen LogP contribution in [-0.2, 0) is 0 Å². The Kier molecular flexibility index (Phi) is 1.69. The van der Waals surface area contributed by atoms with Crippen molar-refractivity contribution in [1.82, 2.24) is 10.2 Å². The third-order valence-corrected chi connectivity index (χ3v) is 2.66. The Hall–Kier alpha value is -0.810. The summed E-state index contributed by atoms with van der Waals surface area (Å²) in [5.74, 6) is 0. The van der Waals surface area contributed by atoms with E-state index in [0.717, 1.165) is 0 Å². The number of aliphatic hydroxyl groups is 1. The van der Waals surface area contributed by atoms with Gasteiger partial charge >= 0.3 is 6.09 Å². The molecule has 0 aromatic carbocycles. The highest BCUT2D eigenvalue weighted by Crippen LogP contribution is 2.26. The average molecular weight is 172 g/mol. The number of nitrogens with zero attached hydrogens (tertiary/aromatic N) is 1. The minimum atomic E-state index is -0.914. The second kappa shape index (κ2) is 2.60. The molecule has 68 valence electrons. The van der Waals surface area contributed by atoms with Crippen LogP contribution in [0.15, 0.2) is 0 Å². The summed E-state index contributed by atoms with van der Waals surface area (Å²) in [5.41, 5.74) is 0. The van der Waals surface area contributed by atoms with E-state index in [9.17, 15) is 9.90 Å². The molecule has 0 spiro atoms. The topological polar surface area (TPSA) is 72.8 Å². The van der Waals surface area contributed by atoms with Gasteiger partial charge in [0.15, 0.2) is 0 Å². The minimum Gasteiger partial charge on any atom is -0.465 e. The van der Waals surface area contributed by atoms with Gasteiger partial charge < -0.3 is 15.5 Å². The fourth-order valence-electron chi connectivity index (χ4n) is 2.12. The SMILES string of the molecule is O=C(O)N1C2CNCC1C(O)C2. The Morgan fingerprint density at radius 3 is 2.75 bits per heavy atom. The number of aliphatic hydroxyl groups excluding tert-OH is 1. The van der Waals surface area contributed by atoms with Crippen molar-refractivity contribution in [2.75, 3.05) is 13.1 Å². The fraction of sp³-hybridized carbons (Fsp3) is 0.857. The van der Waals surface area contributed by atoms with E-state index in [1.165, 1.54) is 4.90 Å². The van der Waals surface area contributed by atoms with Crippen LogP contribution in [0.3, 0.4) is 0 Å². The minimum absolute atomic E-state index is 0.0313. The molecule has 5 nitrogen and oxygen atoms in total. The van der Waals surface area contributed by atoms with Crippen molar-refractivity contribution in [3.8, 4) is 0 Å². The van der Waals surface area contributed by atoms with Crippen molar-refractivity contribution in [1.29, 1.82) is 0 Å². The molecule has 2 saturated heterocycles. The van der Waals surface area contributed by atoms with E-state index in [4.69, 9.17) is 5.11 Å². The maximum atomic E-state index is 10.7. The van der Waals surface area contributed by atoms with Crippen LogP contribution in [0.2, 0.25) is 0 Å². The maximum Gasteiger partial charge on any atom is 0.407 e. The van der Waals surface area contributed by atoms with Crippen molar-refractivity contribution in [3.05, 3.63) is 0 Å². The first-order valence-corrected chi connectivity index (χ1v) is 4.10. The molecule has 3 atom stereocenters. The summed E-state index contributed by atoms with van der Waals surface area (Å²) in [6.45, 7) is 1.24. The molecule has 2 heterocycles. The highest BCUT2D eigenvalue weighted by atomic mass is 16.4. The van der Waals surface area contributed by atoms with Gasteiger partial charge in [-0.25, -0.2) is 4.79 Å². The lowest BCUT2D eigenvalue weighted by Gasteiger charge is -2.32.